The molecule has 0 fully saturated rings. The highest BCUT2D eigenvalue weighted by molar-refractivity contribution is 5.95. The van der Waals surface area contributed by atoms with Crippen LogP contribution < -0.4 is 0 Å². The lowest BCUT2D eigenvalue weighted by molar-refractivity contribution is -0.125. The van der Waals surface area contributed by atoms with Crippen LogP contribution >= 0.6 is 0 Å². The van der Waals surface area contributed by atoms with Crippen LogP contribution in [0.1, 0.15) is 34.1 Å². The number of carbonyl (C=O) groups excluding carboxylic acids is 2. The monoisotopic (exact) mass is 180 g/mol. The van der Waals surface area contributed by atoms with Crippen molar-refractivity contribution in [1.82, 2.24) is 0 Å². The fourth-order valence-corrected chi connectivity index (χ4v) is 2.43. The van der Waals surface area contributed by atoms with E-state index in [0.29, 0.717) is 6.42 Å². The van der Waals surface area contributed by atoms with Crippen LogP contribution in [0.4, 0.5) is 0 Å². The molecule has 0 spiro atoms. The van der Waals surface area contributed by atoms with Crippen LogP contribution in [-0.2, 0) is 9.59 Å². The zero-order chi connectivity index (χ0) is 10.2. The molecule has 0 aromatic heterocycles. The highest BCUT2D eigenvalue weighted by atomic mass is 16.1. The van der Waals surface area contributed by atoms with Gasteiger partial charge in [-0.2, -0.15) is 0 Å². The van der Waals surface area contributed by atoms with E-state index in [1.54, 1.807) is 13.0 Å². The summed E-state index contributed by atoms with van der Waals surface area (Å²) in [6.07, 6.45) is 2.09. The van der Waals surface area contributed by atoms with E-state index < -0.39 is 0 Å². The molecule has 0 saturated carbocycles. The van der Waals surface area contributed by atoms with E-state index in [-0.39, 0.29) is 22.9 Å². The van der Waals surface area contributed by atoms with Crippen molar-refractivity contribution in [3.05, 3.63) is 11.6 Å². The van der Waals surface area contributed by atoms with Gasteiger partial charge in [0.1, 0.15) is 5.78 Å². The maximum absolute atomic E-state index is 11.4. The van der Waals surface area contributed by atoms with Crippen LogP contribution in [-0.4, -0.2) is 11.6 Å². The molecule has 0 aromatic carbocycles. The summed E-state index contributed by atoms with van der Waals surface area (Å²) in [6.45, 7) is 7.42. The van der Waals surface area contributed by atoms with Crippen molar-refractivity contribution >= 4 is 11.6 Å². The van der Waals surface area contributed by atoms with Gasteiger partial charge in [0.2, 0.25) is 0 Å². The zero-order valence-corrected chi connectivity index (χ0v) is 8.68. The smallest absolute Gasteiger partial charge is 0.156 e. The molecule has 0 aliphatic heterocycles. The quantitative estimate of drug-likeness (QED) is 0.619. The Kier molecular flexibility index (Phi) is 2.42. The Hall–Kier alpha value is -0.920. The largest absolute Gasteiger partial charge is 0.299 e. The molecule has 13 heavy (non-hydrogen) atoms. The summed E-state index contributed by atoms with van der Waals surface area (Å²) in [6, 6.07) is 0. The van der Waals surface area contributed by atoms with Crippen LogP contribution in [0.15, 0.2) is 11.6 Å². The molecule has 0 aromatic rings. The van der Waals surface area contributed by atoms with E-state index in [1.807, 2.05) is 20.8 Å². The molecule has 0 heterocycles. The molecule has 1 unspecified atom stereocenters. The second-order valence-corrected chi connectivity index (χ2v) is 4.56. The van der Waals surface area contributed by atoms with E-state index in [9.17, 15) is 9.59 Å². The van der Waals surface area contributed by atoms with Crippen LogP contribution in [0, 0.1) is 11.3 Å². The summed E-state index contributed by atoms with van der Waals surface area (Å²) in [4.78, 5) is 22.6. The SMILES string of the molecule is CC(=O)C1C(C)=CC(=O)CC1(C)C. The van der Waals surface area contributed by atoms with Gasteiger partial charge in [-0.15, -0.1) is 0 Å². The fraction of sp³-hybridized carbons (Fsp3) is 0.636. The second-order valence-electron chi connectivity index (χ2n) is 4.56. The van der Waals surface area contributed by atoms with Crippen LogP contribution in [0.3, 0.4) is 0 Å². The van der Waals surface area contributed by atoms with Crippen molar-refractivity contribution < 1.29 is 9.59 Å². The lowest BCUT2D eigenvalue weighted by Gasteiger charge is -2.35. The van der Waals surface area contributed by atoms with Gasteiger partial charge in [-0.3, -0.25) is 9.59 Å². The molecule has 2 heteroatoms. The molecule has 1 aliphatic rings. The van der Waals surface area contributed by atoms with Gasteiger partial charge in [0, 0.05) is 12.3 Å². The summed E-state index contributed by atoms with van der Waals surface area (Å²) in [5.41, 5.74) is 0.704. The van der Waals surface area contributed by atoms with E-state index in [4.69, 9.17) is 0 Å². The van der Waals surface area contributed by atoms with Gasteiger partial charge in [-0.25, -0.2) is 0 Å². The summed E-state index contributed by atoms with van der Waals surface area (Å²) < 4.78 is 0. The highest BCUT2D eigenvalue weighted by Gasteiger charge is 2.38. The normalized spacial score (nSPS) is 26.9. The minimum Gasteiger partial charge on any atom is -0.299 e. The van der Waals surface area contributed by atoms with Crippen LogP contribution in [0.5, 0.6) is 0 Å². The zero-order valence-electron chi connectivity index (χ0n) is 8.68. The van der Waals surface area contributed by atoms with Gasteiger partial charge < -0.3 is 0 Å². The lowest BCUT2D eigenvalue weighted by atomic mass is 9.67. The molecule has 1 aliphatic carbocycles. The number of hydrogen-bond donors (Lipinski definition) is 0. The number of carbonyl (C=O) groups is 2. The van der Waals surface area contributed by atoms with Crippen LogP contribution in [0.25, 0.3) is 0 Å². The number of ketones is 2. The maximum atomic E-state index is 11.4. The Morgan fingerprint density at radius 2 is 2.08 bits per heavy atom. The first-order chi connectivity index (χ1) is 5.84. The van der Waals surface area contributed by atoms with Crippen molar-refractivity contribution in [3.8, 4) is 0 Å². The van der Waals surface area contributed by atoms with Crippen molar-refractivity contribution in [3.63, 3.8) is 0 Å². The molecule has 0 saturated heterocycles. The predicted octanol–water partition coefficient (Wildman–Crippen LogP) is 2.14. The fourth-order valence-electron chi connectivity index (χ4n) is 2.43. The first kappa shape index (κ1) is 10.2. The predicted molar refractivity (Wildman–Crippen MR) is 51.3 cm³/mol. The minimum atomic E-state index is -0.207. The standard InChI is InChI=1S/C11H16O2/c1-7-5-9(13)6-11(3,4)10(7)8(2)12/h5,10H,6H2,1-4H3. The van der Waals surface area contributed by atoms with Gasteiger partial charge in [0.25, 0.3) is 0 Å². The number of hydrogen-bond acceptors (Lipinski definition) is 2. The summed E-state index contributed by atoms with van der Waals surface area (Å²) in [5, 5.41) is 0. The van der Waals surface area contributed by atoms with Crippen molar-refractivity contribution in [1.29, 1.82) is 0 Å². The van der Waals surface area contributed by atoms with Crippen LogP contribution in [0.2, 0.25) is 0 Å². The summed E-state index contributed by atoms with van der Waals surface area (Å²) in [5.74, 6) is 0.219. The number of Topliss-reactive ketones (excluding diaryl/α,β-unsaturated/α-hetero) is 1. The first-order valence-electron chi connectivity index (χ1n) is 4.56. The lowest BCUT2D eigenvalue weighted by Crippen LogP contribution is -2.35. The third-order valence-electron chi connectivity index (χ3n) is 2.66. The van der Waals surface area contributed by atoms with Crippen molar-refractivity contribution in [2.75, 3.05) is 0 Å². The van der Waals surface area contributed by atoms with Gasteiger partial charge in [0.05, 0.1) is 0 Å². The Labute approximate surface area is 79.0 Å². The van der Waals surface area contributed by atoms with Gasteiger partial charge in [-0.1, -0.05) is 19.4 Å². The third kappa shape index (κ3) is 1.87. The molecule has 2 nitrogen and oxygen atoms in total. The van der Waals surface area contributed by atoms with Gasteiger partial charge in [0.15, 0.2) is 5.78 Å². The summed E-state index contributed by atoms with van der Waals surface area (Å²) in [7, 11) is 0. The molecule has 0 N–H and O–H groups in total. The first-order valence-corrected chi connectivity index (χ1v) is 4.56. The number of rotatable bonds is 1. The highest BCUT2D eigenvalue weighted by Crippen LogP contribution is 2.39. The molecular weight excluding hydrogens is 164 g/mol. The van der Waals surface area contributed by atoms with Crippen molar-refractivity contribution in [2.24, 2.45) is 11.3 Å². The van der Waals surface area contributed by atoms with Gasteiger partial charge >= 0.3 is 0 Å². The van der Waals surface area contributed by atoms with E-state index in [0.717, 1.165) is 5.57 Å². The Morgan fingerprint density at radius 1 is 1.54 bits per heavy atom. The van der Waals surface area contributed by atoms with E-state index in [2.05, 4.69) is 0 Å². The Morgan fingerprint density at radius 3 is 2.46 bits per heavy atom. The third-order valence-corrected chi connectivity index (χ3v) is 2.66. The molecule has 1 rings (SSSR count). The Bertz CT molecular complexity index is 284. The van der Waals surface area contributed by atoms with E-state index >= 15 is 0 Å². The average molecular weight is 180 g/mol. The second kappa shape index (κ2) is 3.09. The van der Waals surface area contributed by atoms with E-state index in [1.165, 1.54) is 0 Å². The minimum absolute atomic E-state index is 0.0785. The topological polar surface area (TPSA) is 34.1 Å². The molecule has 0 amide bonds. The maximum Gasteiger partial charge on any atom is 0.156 e. The molecular formula is C11H16O2. The molecule has 72 valence electrons. The Balaban J connectivity index is 3.10. The summed E-state index contributed by atoms with van der Waals surface area (Å²) >= 11 is 0. The number of allylic oxidation sites excluding steroid dienone is 2. The van der Waals surface area contributed by atoms with Gasteiger partial charge in [-0.05, 0) is 25.3 Å². The average Bonchev–Trinajstić information content (AvgIpc) is 1.78. The molecule has 1 atom stereocenters. The molecule has 0 bridgehead atoms. The molecule has 0 radical (unpaired) electrons. The van der Waals surface area contributed by atoms with Crippen molar-refractivity contribution in [2.45, 2.75) is 34.1 Å².